The van der Waals surface area contributed by atoms with Crippen LogP contribution in [0.5, 0.6) is 0 Å². The number of nitrogens with two attached hydrogens (primary N) is 1. The van der Waals surface area contributed by atoms with Gasteiger partial charge in [0, 0.05) is 24.7 Å². The van der Waals surface area contributed by atoms with Crippen LogP contribution in [0.3, 0.4) is 0 Å². The maximum absolute atomic E-state index is 5.72. The number of piperidine rings is 1. The third-order valence-electron chi connectivity index (χ3n) is 3.64. The van der Waals surface area contributed by atoms with Gasteiger partial charge in [0.1, 0.15) is 0 Å². The lowest BCUT2D eigenvalue weighted by Crippen LogP contribution is -2.37. The first-order chi connectivity index (χ1) is 8.50. The number of anilines is 1. The highest BCUT2D eigenvalue weighted by molar-refractivity contribution is 5.32. The summed E-state index contributed by atoms with van der Waals surface area (Å²) in [7, 11) is 0. The predicted octanol–water partition coefficient (Wildman–Crippen LogP) is 1.95. The largest absolute Gasteiger partial charge is 0.341 e. The second-order valence-electron chi connectivity index (χ2n) is 6.16. The van der Waals surface area contributed by atoms with E-state index in [9.17, 15) is 0 Å². The predicted molar refractivity (Wildman–Crippen MR) is 74.7 cm³/mol. The Labute approximate surface area is 110 Å². The maximum Gasteiger partial charge on any atom is 0.225 e. The smallest absolute Gasteiger partial charge is 0.225 e. The highest BCUT2D eigenvalue weighted by atomic mass is 15.3. The maximum atomic E-state index is 5.72. The number of aromatic nitrogens is 2. The van der Waals surface area contributed by atoms with Gasteiger partial charge in [-0.15, -0.1) is 0 Å². The van der Waals surface area contributed by atoms with Crippen LogP contribution in [-0.2, 0) is 5.41 Å². The van der Waals surface area contributed by atoms with Crippen LogP contribution in [0.1, 0.15) is 39.3 Å². The van der Waals surface area contributed by atoms with Crippen LogP contribution in [0.15, 0.2) is 12.3 Å². The molecule has 1 aromatic rings. The molecule has 1 aliphatic heterocycles. The molecule has 0 aromatic carbocycles. The molecule has 0 aliphatic carbocycles. The molecule has 0 spiro atoms. The van der Waals surface area contributed by atoms with Gasteiger partial charge in [-0.2, -0.15) is 0 Å². The van der Waals surface area contributed by atoms with Gasteiger partial charge in [-0.25, -0.2) is 9.97 Å². The van der Waals surface area contributed by atoms with E-state index < -0.39 is 0 Å². The molecule has 0 unspecified atom stereocenters. The quantitative estimate of drug-likeness (QED) is 0.869. The lowest BCUT2D eigenvalue weighted by molar-refractivity contribution is 0.410. The van der Waals surface area contributed by atoms with Gasteiger partial charge in [0.15, 0.2) is 0 Å². The van der Waals surface area contributed by atoms with E-state index in [2.05, 4.69) is 30.7 Å². The average Bonchev–Trinajstić information content (AvgIpc) is 2.38. The molecule has 4 heteroatoms. The molecular weight excluding hydrogens is 224 g/mol. The zero-order chi connectivity index (χ0) is 13.2. The molecule has 0 amide bonds. The molecule has 18 heavy (non-hydrogen) atoms. The van der Waals surface area contributed by atoms with E-state index in [-0.39, 0.29) is 5.41 Å². The summed E-state index contributed by atoms with van der Waals surface area (Å²) in [5.74, 6) is 1.55. The molecule has 1 aromatic heterocycles. The van der Waals surface area contributed by atoms with Crippen LogP contribution < -0.4 is 10.6 Å². The first-order valence-corrected chi connectivity index (χ1v) is 6.79. The van der Waals surface area contributed by atoms with E-state index >= 15 is 0 Å². The summed E-state index contributed by atoms with van der Waals surface area (Å²) in [6, 6.07) is 2.01. The van der Waals surface area contributed by atoms with Crippen molar-refractivity contribution in [3.8, 4) is 0 Å². The van der Waals surface area contributed by atoms with Crippen molar-refractivity contribution in [1.29, 1.82) is 0 Å². The van der Waals surface area contributed by atoms with E-state index in [1.54, 1.807) is 0 Å². The van der Waals surface area contributed by atoms with E-state index in [1.807, 2.05) is 12.3 Å². The van der Waals surface area contributed by atoms with Crippen LogP contribution >= 0.6 is 0 Å². The highest BCUT2D eigenvalue weighted by Gasteiger charge is 2.22. The molecule has 1 fully saturated rings. The molecule has 0 bridgehead atoms. The van der Waals surface area contributed by atoms with Gasteiger partial charge in [0.25, 0.3) is 0 Å². The fourth-order valence-electron chi connectivity index (χ4n) is 2.29. The van der Waals surface area contributed by atoms with Crippen molar-refractivity contribution >= 4 is 5.95 Å². The summed E-state index contributed by atoms with van der Waals surface area (Å²) in [6.45, 7) is 9.39. The van der Waals surface area contributed by atoms with E-state index in [0.29, 0.717) is 5.92 Å². The first-order valence-electron chi connectivity index (χ1n) is 6.79. The minimum Gasteiger partial charge on any atom is -0.341 e. The van der Waals surface area contributed by atoms with Gasteiger partial charge in [-0.3, -0.25) is 0 Å². The Hall–Kier alpha value is -1.16. The minimum absolute atomic E-state index is 0.0767. The molecule has 4 nitrogen and oxygen atoms in total. The summed E-state index contributed by atoms with van der Waals surface area (Å²) in [5.41, 5.74) is 6.90. The second kappa shape index (κ2) is 5.22. The van der Waals surface area contributed by atoms with Crippen LogP contribution in [0.2, 0.25) is 0 Å². The summed E-state index contributed by atoms with van der Waals surface area (Å²) in [5, 5.41) is 0. The Balaban J connectivity index is 2.10. The monoisotopic (exact) mass is 248 g/mol. The van der Waals surface area contributed by atoms with E-state index in [4.69, 9.17) is 10.7 Å². The van der Waals surface area contributed by atoms with Gasteiger partial charge in [0.05, 0.1) is 5.69 Å². The van der Waals surface area contributed by atoms with Crippen LogP contribution in [0, 0.1) is 5.92 Å². The molecule has 1 aliphatic rings. The Kier molecular flexibility index (Phi) is 3.85. The molecular formula is C14H24N4. The molecule has 2 rings (SSSR count). The number of nitrogens with zero attached hydrogens (tertiary/aromatic N) is 3. The molecule has 1 saturated heterocycles. The Morgan fingerprint density at radius 2 is 2.00 bits per heavy atom. The topological polar surface area (TPSA) is 55.0 Å². The molecule has 100 valence electrons. The van der Waals surface area contributed by atoms with Gasteiger partial charge in [-0.1, -0.05) is 20.8 Å². The summed E-state index contributed by atoms with van der Waals surface area (Å²) < 4.78 is 0. The van der Waals surface area contributed by atoms with Crippen LogP contribution in [-0.4, -0.2) is 29.6 Å². The van der Waals surface area contributed by atoms with Crippen molar-refractivity contribution in [3.63, 3.8) is 0 Å². The minimum atomic E-state index is 0.0767. The zero-order valence-electron chi connectivity index (χ0n) is 11.7. The number of hydrogen-bond acceptors (Lipinski definition) is 4. The van der Waals surface area contributed by atoms with Crippen molar-refractivity contribution in [2.75, 3.05) is 24.5 Å². The van der Waals surface area contributed by atoms with Gasteiger partial charge < -0.3 is 10.6 Å². The lowest BCUT2D eigenvalue weighted by atomic mass is 9.92. The van der Waals surface area contributed by atoms with Crippen molar-refractivity contribution in [3.05, 3.63) is 18.0 Å². The number of hydrogen-bond donors (Lipinski definition) is 1. The van der Waals surface area contributed by atoms with Crippen LogP contribution in [0.4, 0.5) is 5.95 Å². The fraction of sp³-hybridized carbons (Fsp3) is 0.714. The first kappa shape index (κ1) is 13.3. The fourth-order valence-corrected chi connectivity index (χ4v) is 2.29. The van der Waals surface area contributed by atoms with Crippen LogP contribution in [0.25, 0.3) is 0 Å². The molecule has 0 atom stereocenters. The Bertz CT molecular complexity index is 389. The molecule has 2 heterocycles. The van der Waals surface area contributed by atoms with Crippen molar-refractivity contribution in [2.45, 2.75) is 39.0 Å². The second-order valence-corrected chi connectivity index (χ2v) is 6.16. The van der Waals surface area contributed by atoms with E-state index in [0.717, 1.165) is 44.1 Å². The number of rotatable bonds is 2. The summed E-state index contributed by atoms with van der Waals surface area (Å²) in [4.78, 5) is 11.4. The standard InChI is InChI=1S/C14H24N4/c1-14(2,3)12-4-7-16-13(17-12)18-8-5-11(10-15)6-9-18/h4,7,11H,5-6,8-10,15H2,1-3H3. The summed E-state index contributed by atoms with van der Waals surface area (Å²) >= 11 is 0. The highest BCUT2D eigenvalue weighted by Crippen LogP contribution is 2.23. The third-order valence-corrected chi connectivity index (χ3v) is 3.64. The molecule has 0 radical (unpaired) electrons. The van der Waals surface area contributed by atoms with Crippen molar-refractivity contribution in [2.24, 2.45) is 11.7 Å². The Morgan fingerprint density at radius 3 is 2.56 bits per heavy atom. The van der Waals surface area contributed by atoms with Gasteiger partial charge in [0.2, 0.25) is 5.95 Å². The Morgan fingerprint density at radius 1 is 1.33 bits per heavy atom. The molecule has 0 saturated carbocycles. The average molecular weight is 248 g/mol. The normalized spacial score (nSPS) is 18.1. The third kappa shape index (κ3) is 2.99. The van der Waals surface area contributed by atoms with Crippen molar-refractivity contribution in [1.82, 2.24) is 9.97 Å². The SMILES string of the molecule is CC(C)(C)c1ccnc(N2CCC(CN)CC2)n1. The zero-order valence-corrected chi connectivity index (χ0v) is 11.7. The summed E-state index contributed by atoms with van der Waals surface area (Å²) in [6.07, 6.45) is 4.18. The van der Waals surface area contributed by atoms with E-state index in [1.165, 1.54) is 0 Å². The van der Waals surface area contributed by atoms with Crippen molar-refractivity contribution < 1.29 is 0 Å². The molecule has 2 N–H and O–H groups in total. The van der Waals surface area contributed by atoms with Gasteiger partial charge >= 0.3 is 0 Å². The van der Waals surface area contributed by atoms with Gasteiger partial charge in [-0.05, 0) is 31.4 Å². The lowest BCUT2D eigenvalue weighted by Gasteiger charge is -2.32.